The summed E-state index contributed by atoms with van der Waals surface area (Å²) in [5, 5.41) is 8.60. The lowest BCUT2D eigenvalue weighted by Gasteiger charge is -2.20. The molecule has 0 amide bonds. The van der Waals surface area contributed by atoms with Gasteiger partial charge in [0.2, 0.25) is 0 Å². The fraction of sp³-hybridized carbons (Fsp3) is 0.462. The monoisotopic (exact) mass is 270 g/mol. The fourth-order valence-electron chi connectivity index (χ4n) is 1.46. The Bertz CT molecular complexity index is 539. The van der Waals surface area contributed by atoms with E-state index in [4.69, 9.17) is 5.11 Å². The van der Waals surface area contributed by atoms with Gasteiger partial charge < -0.3 is 5.11 Å². The van der Waals surface area contributed by atoms with Crippen molar-refractivity contribution in [2.75, 3.05) is 0 Å². The highest BCUT2D eigenvalue weighted by atomic mass is 32.2. The van der Waals surface area contributed by atoms with Crippen molar-refractivity contribution in [2.45, 2.75) is 43.3 Å². The average molecular weight is 270 g/mol. The van der Waals surface area contributed by atoms with E-state index >= 15 is 0 Å². The fourth-order valence-corrected chi connectivity index (χ4v) is 2.52. The zero-order valence-corrected chi connectivity index (χ0v) is 11.8. The van der Waals surface area contributed by atoms with Crippen LogP contribution in [0.2, 0.25) is 0 Å². The van der Waals surface area contributed by atoms with Crippen LogP contribution in [0.3, 0.4) is 0 Å². The van der Waals surface area contributed by atoms with Gasteiger partial charge in [0.05, 0.1) is 15.6 Å². The Morgan fingerprint density at radius 2 is 1.61 bits per heavy atom. The minimum atomic E-state index is -3.31. The molecule has 0 saturated carbocycles. The predicted molar refractivity (Wildman–Crippen MR) is 69.4 cm³/mol. The molecule has 0 aromatic heterocycles. The highest BCUT2D eigenvalue weighted by Crippen LogP contribution is 2.25. The maximum Gasteiger partial charge on any atom is 0.313 e. The normalized spacial score (nSPS) is 12.7. The van der Waals surface area contributed by atoms with E-state index in [0.717, 1.165) is 0 Å². The van der Waals surface area contributed by atoms with E-state index in [-0.39, 0.29) is 4.90 Å². The molecule has 100 valence electrons. The van der Waals surface area contributed by atoms with Gasteiger partial charge >= 0.3 is 5.97 Å². The van der Waals surface area contributed by atoms with Crippen molar-refractivity contribution >= 4 is 15.8 Å². The van der Waals surface area contributed by atoms with Crippen molar-refractivity contribution < 1.29 is 18.3 Å². The molecule has 1 aromatic rings. The molecule has 0 unspecified atom stereocenters. The molecule has 0 atom stereocenters. The van der Waals surface area contributed by atoms with E-state index in [1.165, 1.54) is 12.1 Å². The molecule has 4 nitrogen and oxygen atoms in total. The molecule has 0 spiro atoms. The topological polar surface area (TPSA) is 71.4 Å². The largest absolute Gasteiger partial charge is 0.481 e. The molecule has 0 aliphatic carbocycles. The van der Waals surface area contributed by atoms with Crippen LogP contribution in [0.1, 0.15) is 33.3 Å². The van der Waals surface area contributed by atoms with Crippen molar-refractivity contribution in [1.82, 2.24) is 0 Å². The molecule has 0 radical (unpaired) electrons. The summed E-state index contributed by atoms with van der Waals surface area (Å²) in [4.78, 5) is 11.3. The van der Waals surface area contributed by atoms with Gasteiger partial charge in [0.1, 0.15) is 0 Å². The first-order valence-electron chi connectivity index (χ1n) is 5.68. The summed E-state index contributed by atoms with van der Waals surface area (Å²) < 4.78 is 23.8. The van der Waals surface area contributed by atoms with E-state index in [0.29, 0.717) is 5.56 Å². The van der Waals surface area contributed by atoms with E-state index in [1.54, 1.807) is 39.8 Å². The number of aliphatic carboxylic acids is 1. The van der Waals surface area contributed by atoms with Crippen LogP contribution < -0.4 is 0 Å². The number of benzene rings is 1. The summed E-state index contributed by atoms with van der Waals surface area (Å²) in [6.45, 7) is 6.40. The lowest BCUT2D eigenvalue weighted by atomic mass is 9.85. The average Bonchev–Trinajstić information content (AvgIpc) is 2.28. The standard InChI is InChI=1S/C13H18O4S/c1-9(2)18(16,17)11-7-5-10(6-8-11)13(3,4)12(14)15/h5-9H,1-4H3,(H,14,15). The maximum atomic E-state index is 11.9. The SMILES string of the molecule is CC(C)S(=O)(=O)c1ccc(C(C)(C)C(=O)O)cc1. The number of rotatable bonds is 4. The first kappa shape index (κ1) is 14.7. The highest BCUT2D eigenvalue weighted by Gasteiger charge is 2.29. The minimum absolute atomic E-state index is 0.224. The minimum Gasteiger partial charge on any atom is -0.481 e. The van der Waals surface area contributed by atoms with Gasteiger partial charge in [-0.15, -0.1) is 0 Å². The second kappa shape index (κ2) is 4.72. The number of hydrogen-bond donors (Lipinski definition) is 1. The molecule has 0 fully saturated rings. The Kier molecular flexibility index (Phi) is 3.86. The maximum absolute atomic E-state index is 11.9. The van der Waals surface area contributed by atoms with Gasteiger partial charge in [-0.1, -0.05) is 12.1 Å². The van der Waals surface area contributed by atoms with Crippen molar-refractivity contribution in [3.05, 3.63) is 29.8 Å². The van der Waals surface area contributed by atoms with E-state index in [2.05, 4.69) is 0 Å². The van der Waals surface area contributed by atoms with Crippen molar-refractivity contribution in [3.63, 3.8) is 0 Å². The summed E-state index contributed by atoms with van der Waals surface area (Å²) in [5.74, 6) is -0.943. The zero-order chi connectivity index (χ0) is 14.1. The van der Waals surface area contributed by atoms with Crippen LogP contribution in [-0.4, -0.2) is 24.7 Å². The Morgan fingerprint density at radius 3 is 1.94 bits per heavy atom. The van der Waals surface area contributed by atoms with E-state index in [1.807, 2.05) is 0 Å². The van der Waals surface area contributed by atoms with Gasteiger partial charge in [0, 0.05) is 0 Å². The van der Waals surface area contributed by atoms with E-state index in [9.17, 15) is 13.2 Å². The number of carbonyl (C=O) groups is 1. The highest BCUT2D eigenvalue weighted by molar-refractivity contribution is 7.92. The summed E-state index contributed by atoms with van der Waals surface area (Å²) >= 11 is 0. The van der Waals surface area contributed by atoms with Gasteiger partial charge in [0.25, 0.3) is 0 Å². The molecular weight excluding hydrogens is 252 g/mol. The molecule has 1 aromatic carbocycles. The zero-order valence-electron chi connectivity index (χ0n) is 11.0. The first-order valence-corrected chi connectivity index (χ1v) is 7.22. The molecule has 1 rings (SSSR count). The summed E-state index contributed by atoms with van der Waals surface area (Å²) in [5.41, 5.74) is -0.446. The lowest BCUT2D eigenvalue weighted by molar-refractivity contribution is -0.142. The Labute approximate surface area is 108 Å². The van der Waals surface area contributed by atoms with Crippen molar-refractivity contribution in [3.8, 4) is 0 Å². The molecule has 18 heavy (non-hydrogen) atoms. The third kappa shape index (κ3) is 2.56. The molecular formula is C13H18O4S. The van der Waals surface area contributed by atoms with Crippen LogP contribution >= 0.6 is 0 Å². The molecule has 0 aliphatic rings. The van der Waals surface area contributed by atoms with Crippen LogP contribution in [0.4, 0.5) is 0 Å². The summed E-state index contributed by atoms with van der Waals surface area (Å²) in [7, 11) is -3.31. The summed E-state index contributed by atoms with van der Waals surface area (Å²) in [6.07, 6.45) is 0. The lowest BCUT2D eigenvalue weighted by Crippen LogP contribution is -2.28. The summed E-state index contributed by atoms with van der Waals surface area (Å²) in [6, 6.07) is 6.05. The molecule has 0 heterocycles. The number of sulfone groups is 1. The third-order valence-electron chi connectivity index (χ3n) is 3.06. The Hall–Kier alpha value is -1.36. The quantitative estimate of drug-likeness (QED) is 0.910. The Morgan fingerprint density at radius 1 is 1.17 bits per heavy atom. The van der Waals surface area contributed by atoms with E-state index < -0.39 is 26.5 Å². The van der Waals surface area contributed by atoms with Gasteiger partial charge in [-0.3, -0.25) is 4.79 Å². The van der Waals surface area contributed by atoms with Crippen molar-refractivity contribution in [2.24, 2.45) is 0 Å². The molecule has 1 N–H and O–H groups in total. The number of carboxylic acid groups (broad SMARTS) is 1. The predicted octanol–water partition coefficient (Wildman–Crippen LogP) is 2.23. The molecule has 5 heteroatoms. The van der Waals surface area contributed by atoms with Crippen LogP contribution in [0, 0.1) is 0 Å². The van der Waals surface area contributed by atoms with Crippen LogP contribution in [0.25, 0.3) is 0 Å². The number of hydrogen-bond acceptors (Lipinski definition) is 3. The number of carboxylic acids is 1. The molecule has 0 saturated heterocycles. The van der Waals surface area contributed by atoms with Gasteiger partial charge in [-0.25, -0.2) is 8.42 Å². The smallest absolute Gasteiger partial charge is 0.313 e. The second-order valence-electron chi connectivity index (χ2n) is 5.05. The van der Waals surface area contributed by atoms with Crippen LogP contribution in [-0.2, 0) is 20.0 Å². The molecule has 0 bridgehead atoms. The second-order valence-corrected chi connectivity index (χ2v) is 7.55. The van der Waals surface area contributed by atoms with Gasteiger partial charge in [-0.05, 0) is 45.4 Å². The van der Waals surface area contributed by atoms with Gasteiger partial charge in [0.15, 0.2) is 9.84 Å². The third-order valence-corrected chi connectivity index (χ3v) is 5.23. The Balaban J connectivity index is 3.20. The first-order chi connectivity index (χ1) is 8.10. The van der Waals surface area contributed by atoms with Crippen LogP contribution in [0.15, 0.2) is 29.2 Å². The molecule has 0 aliphatic heterocycles. The van der Waals surface area contributed by atoms with Crippen molar-refractivity contribution in [1.29, 1.82) is 0 Å². The van der Waals surface area contributed by atoms with Crippen LogP contribution in [0.5, 0.6) is 0 Å². The van der Waals surface area contributed by atoms with Gasteiger partial charge in [-0.2, -0.15) is 0 Å².